The molecule has 0 heterocycles. The van der Waals surface area contributed by atoms with E-state index < -0.39 is 0 Å². The highest BCUT2D eigenvalue weighted by molar-refractivity contribution is 4.45. The van der Waals surface area contributed by atoms with Crippen LogP contribution in [0.5, 0.6) is 0 Å². The van der Waals surface area contributed by atoms with Crippen LogP contribution in [0.25, 0.3) is 0 Å². The highest BCUT2D eigenvalue weighted by Crippen LogP contribution is 1.95. The molecule has 0 aromatic carbocycles. The predicted octanol–water partition coefficient (Wildman–Crippen LogP) is 1.30. The molecule has 0 aromatic heterocycles. The summed E-state index contributed by atoms with van der Waals surface area (Å²) in [5.41, 5.74) is 2.35. The number of rotatable bonds is 4. The van der Waals surface area contributed by atoms with Gasteiger partial charge in [-0.3, -0.25) is 5.43 Å². The third kappa shape index (κ3) is 5.40. The Kier molecular flexibility index (Phi) is 4.21. The van der Waals surface area contributed by atoms with Crippen LogP contribution in [-0.2, 0) is 0 Å². The molecule has 0 saturated heterocycles. The van der Waals surface area contributed by atoms with Gasteiger partial charge in [0.05, 0.1) is 0 Å². The first-order chi connectivity index (χ1) is 3.77. The van der Waals surface area contributed by atoms with Crippen molar-refractivity contribution in [2.24, 2.45) is 11.2 Å². The molecule has 0 atom stereocenters. The van der Waals surface area contributed by atoms with Gasteiger partial charge in [0, 0.05) is 11.8 Å². The van der Waals surface area contributed by atoms with E-state index >= 15 is 0 Å². The zero-order valence-corrected chi connectivity index (χ0v) is 5.35. The van der Waals surface area contributed by atoms with Gasteiger partial charge in [0.2, 0.25) is 0 Å². The summed E-state index contributed by atoms with van der Waals surface area (Å²) in [6.07, 6.45) is 1.01. The maximum atomic E-state index is 9.43. The average Bonchev–Trinajstić information content (AvgIpc) is 1.66. The van der Waals surface area contributed by atoms with E-state index in [9.17, 15) is 4.91 Å². The van der Waals surface area contributed by atoms with Crippen molar-refractivity contribution in [3.63, 3.8) is 0 Å². The summed E-state index contributed by atoms with van der Waals surface area (Å²) in [6, 6.07) is 0. The van der Waals surface area contributed by atoms with Crippen LogP contribution in [0.15, 0.2) is 5.29 Å². The van der Waals surface area contributed by atoms with Crippen molar-refractivity contribution in [1.82, 2.24) is 5.43 Å². The minimum absolute atomic E-state index is 0.643. The molecule has 0 spiro atoms. The van der Waals surface area contributed by atoms with Gasteiger partial charge in [0.15, 0.2) is 0 Å². The van der Waals surface area contributed by atoms with Crippen LogP contribution in [0, 0.1) is 10.8 Å². The van der Waals surface area contributed by atoms with E-state index in [4.69, 9.17) is 0 Å². The fraction of sp³-hybridized carbons (Fsp3) is 1.00. The fourth-order valence-corrected chi connectivity index (χ4v) is 0.399. The van der Waals surface area contributed by atoms with Crippen molar-refractivity contribution >= 4 is 0 Å². The van der Waals surface area contributed by atoms with E-state index in [1.54, 1.807) is 0 Å². The van der Waals surface area contributed by atoms with Crippen LogP contribution in [0.1, 0.15) is 20.3 Å². The van der Waals surface area contributed by atoms with E-state index in [-0.39, 0.29) is 0 Å². The van der Waals surface area contributed by atoms with Crippen LogP contribution < -0.4 is 5.43 Å². The molecule has 0 saturated carbocycles. The number of nitrogens with zero attached hydrogens (tertiary/aromatic N) is 1. The SMILES string of the molecule is CC(C)CCNN=O. The molecule has 0 radical (unpaired) electrons. The Balaban J connectivity index is 2.81. The van der Waals surface area contributed by atoms with E-state index in [1.165, 1.54) is 0 Å². The molecule has 3 nitrogen and oxygen atoms in total. The summed E-state index contributed by atoms with van der Waals surface area (Å²) in [6.45, 7) is 4.90. The summed E-state index contributed by atoms with van der Waals surface area (Å²) in [4.78, 5) is 9.43. The lowest BCUT2D eigenvalue weighted by atomic mass is 10.1. The van der Waals surface area contributed by atoms with Crippen LogP contribution in [0.3, 0.4) is 0 Å². The number of hydrogen-bond donors (Lipinski definition) is 1. The summed E-state index contributed by atoms with van der Waals surface area (Å²) in [5, 5.41) is 2.51. The molecule has 0 aliphatic carbocycles. The van der Waals surface area contributed by atoms with Crippen molar-refractivity contribution < 1.29 is 0 Å². The topological polar surface area (TPSA) is 41.5 Å². The lowest BCUT2D eigenvalue weighted by Gasteiger charge is -1.99. The molecule has 0 aromatic rings. The Morgan fingerprint density at radius 3 is 2.62 bits per heavy atom. The van der Waals surface area contributed by atoms with Crippen LogP contribution in [-0.4, -0.2) is 6.54 Å². The van der Waals surface area contributed by atoms with E-state index in [0.29, 0.717) is 12.5 Å². The van der Waals surface area contributed by atoms with E-state index in [0.717, 1.165) is 6.42 Å². The number of hydrogen-bond acceptors (Lipinski definition) is 2. The standard InChI is InChI=1S/C5H12N2O/c1-5(2)3-4-6-7-8/h5H,3-4H2,1-2H3,(H,6,8). The molecule has 0 aliphatic heterocycles. The van der Waals surface area contributed by atoms with E-state index in [2.05, 4.69) is 24.6 Å². The van der Waals surface area contributed by atoms with Gasteiger partial charge in [-0.15, -0.1) is 4.91 Å². The Bertz CT molecular complexity index is 63.4. The first-order valence-electron chi connectivity index (χ1n) is 2.82. The molecule has 8 heavy (non-hydrogen) atoms. The zero-order valence-electron chi connectivity index (χ0n) is 5.35. The fourth-order valence-electron chi connectivity index (χ4n) is 0.399. The molecule has 1 N–H and O–H groups in total. The molecular formula is C5H12N2O. The van der Waals surface area contributed by atoms with Gasteiger partial charge in [0.1, 0.15) is 0 Å². The molecule has 0 aliphatic rings. The van der Waals surface area contributed by atoms with Gasteiger partial charge < -0.3 is 0 Å². The summed E-state index contributed by atoms with van der Waals surface area (Å²) >= 11 is 0. The van der Waals surface area contributed by atoms with Gasteiger partial charge in [-0.1, -0.05) is 13.8 Å². The highest BCUT2D eigenvalue weighted by atomic mass is 16.3. The van der Waals surface area contributed by atoms with E-state index in [1.807, 2.05) is 0 Å². The maximum absolute atomic E-state index is 9.43. The lowest BCUT2D eigenvalue weighted by molar-refractivity contribution is 0.547. The molecule has 0 amide bonds. The Morgan fingerprint density at radius 2 is 2.25 bits per heavy atom. The molecule has 3 heteroatoms. The molecule has 0 rings (SSSR count). The Labute approximate surface area is 49.4 Å². The maximum Gasteiger partial charge on any atom is 0.0496 e. The molecule has 48 valence electrons. The summed E-state index contributed by atoms with van der Waals surface area (Å²) < 4.78 is 0. The number of nitroso groups, excluding NO2 is 1. The smallest absolute Gasteiger partial charge is 0.0496 e. The lowest BCUT2D eigenvalue weighted by Crippen LogP contribution is -2.08. The van der Waals surface area contributed by atoms with Crippen LogP contribution in [0.2, 0.25) is 0 Å². The molecule has 0 bridgehead atoms. The Morgan fingerprint density at radius 1 is 1.62 bits per heavy atom. The zero-order chi connectivity index (χ0) is 6.41. The summed E-state index contributed by atoms with van der Waals surface area (Å²) in [5.74, 6) is 0.643. The molecular weight excluding hydrogens is 104 g/mol. The number of nitrogens with one attached hydrogen (secondary N) is 1. The van der Waals surface area contributed by atoms with Gasteiger partial charge in [-0.2, -0.15) is 0 Å². The van der Waals surface area contributed by atoms with Crippen molar-refractivity contribution in [2.75, 3.05) is 6.54 Å². The average molecular weight is 116 g/mol. The second-order valence-electron chi connectivity index (χ2n) is 2.18. The normalized spacial score (nSPS) is 9.38. The highest BCUT2D eigenvalue weighted by Gasteiger charge is 1.90. The minimum Gasteiger partial charge on any atom is -0.274 e. The quantitative estimate of drug-likeness (QED) is 0.342. The van der Waals surface area contributed by atoms with Gasteiger partial charge >= 0.3 is 0 Å². The van der Waals surface area contributed by atoms with Crippen molar-refractivity contribution in [2.45, 2.75) is 20.3 Å². The first-order valence-corrected chi connectivity index (χ1v) is 2.82. The van der Waals surface area contributed by atoms with Crippen LogP contribution >= 0.6 is 0 Å². The second kappa shape index (κ2) is 4.56. The third-order valence-electron chi connectivity index (χ3n) is 0.898. The van der Waals surface area contributed by atoms with Gasteiger partial charge in [-0.05, 0) is 12.3 Å². The van der Waals surface area contributed by atoms with Crippen molar-refractivity contribution in [3.8, 4) is 0 Å². The predicted molar refractivity (Wildman–Crippen MR) is 33.3 cm³/mol. The van der Waals surface area contributed by atoms with Crippen LogP contribution in [0.4, 0.5) is 0 Å². The molecule has 0 fully saturated rings. The second-order valence-corrected chi connectivity index (χ2v) is 2.18. The first kappa shape index (κ1) is 7.40. The minimum atomic E-state index is 0.643. The van der Waals surface area contributed by atoms with Gasteiger partial charge in [-0.25, -0.2) is 0 Å². The third-order valence-corrected chi connectivity index (χ3v) is 0.898. The largest absolute Gasteiger partial charge is 0.274 e. The monoisotopic (exact) mass is 116 g/mol. The van der Waals surface area contributed by atoms with Crippen molar-refractivity contribution in [3.05, 3.63) is 4.91 Å². The summed E-state index contributed by atoms with van der Waals surface area (Å²) in [7, 11) is 0. The van der Waals surface area contributed by atoms with Crippen molar-refractivity contribution in [1.29, 1.82) is 0 Å². The molecule has 0 unspecified atom stereocenters. The van der Waals surface area contributed by atoms with Gasteiger partial charge in [0.25, 0.3) is 0 Å². The Hall–Kier alpha value is -0.600.